The van der Waals surface area contributed by atoms with Crippen LogP contribution in [0.5, 0.6) is 5.75 Å². The molecule has 21 heavy (non-hydrogen) atoms. The second kappa shape index (κ2) is 5.57. The summed E-state index contributed by atoms with van der Waals surface area (Å²) in [7, 11) is 0. The first-order valence-corrected chi connectivity index (χ1v) is 7.89. The number of aryl methyl sites for hydroxylation is 2. The minimum absolute atomic E-state index is 0.116. The van der Waals surface area contributed by atoms with Gasteiger partial charge in [0.2, 0.25) is 0 Å². The Kier molecular flexibility index (Phi) is 3.77. The number of aromatic amines is 1. The molecular weight excluding hydrogens is 354 g/mol. The molecule has 0 radical (unpaired) electrons. The van der Waals surface area contributed by atoms with Crippen molar-refractivity contribution in [2.24, 2.45) is 0 Å². The number of thiophene rings is 1. The van der Waals surface area contributed by atoms with Crippen LogP contribution in [-0.2, 0) is 6.61 Å². The van der Waals surface area contributed by atoms with Gasteiger partial charge in [0, 0.05) is 4.88 Å². The summed E-state index contributed by atoms with van der Waals surface area (Å²) >= 11 is 4.79. The Morgan fingerprint density at radius 3 is 2.90 bits per heavy atom. The Bertz CT molecular complexity index is 855. The minimum atomic E-state index is -0.116. The van der Waals surface area contributed by atoms with Gasteiger partial charge in [-0.15, -0.1) is 11.3 Å². The topological polar surface area (TPSA) is 67.9 Å². The molecule has 108 valence electrons. The summed E-state index contributed by atoms with van der Waals surface area (Å²) in [5, 5.41) is 0.673. The lowest BCUT2D eigenvalue weighted by Gasteiger charge is -2.05. The van der Waals surface area contributed by atoms with E-state index in [0.717, 1.165) is 19.9 Å². The Morgan fingerprint density at radius 1 is 1.38 bits per heavy atom. The summed E-state index contributed by atoms with van der Waals surface area (Å²) in [6.07, 6.45) is 1.61. The maximum atomic E-state index is 12.1. The number of hydrogen-bond acceptors (Lipinski definition) is 5. The Balaban J connectivity index is 1.88. The van der Waals surface area contributed by atoms with Gasteiger partial charge in [0.25, 0.3) is 5.56 Å². The van der Waals surface area contributed by atoms with Gasteiger partial charge in [0.1, 0.15) is 27.6 Å². The van der Waals surface area contributed by atoms with Gasteiger partial charge >= 0.3 is 0 Å². The standard InChI is InChI=1S/C14H12BrN3O2S/c1-7-8(2)21-14-12(7)13(19)17-11(18-14)6-20-9-3-4-10(15)16-5-9/h3-5H,6H2,1-2H3,(H,17,18,19). The summed E-state index contributed by atoms with van der Waals surface area (Å²) < 4.78 is 6.32. The van der Waals surface area contributed by atoms with E-state index in [1.807, 2.05) is 13.8 Å². The third-order valence-corrected chi connectivity index (χ3v) is 4.73. The number of H-pyrrole nitrogens is 1. The van der Waals surface area contributed by atoms with Crippen molar-refractivity contribution < 1.29 is 4.74 Å². The van der Waals surface area contributed by atoms with Gasteiger partial charge in [0.15, 0.2) is 0 Å². The minimum Gasteiger partial charge on any atom is -0.484 e. The fourth-order valence-corrected chi connectivity index (χ4v) is 3.25. The molecule has 0 saturated carbocycles. The summed E-state index contributed by atoms with van der Waals surface area (Å²) in [6, 6.07) is 3.59. The Hall–Kier alpha value is -1.73. The molecule has 7 heteroatoms. The smallest absolute Gasteiger partial charge is 0.260 e. The van der Waals surface area contributed by atoms with Crippen molar-refractivity contribution in [3.8, 4) is 5.75 Å². The number of nitrogens with zero attached hydrogens (tertiary/aromatic N) is 2. The Morgan fingerprint density at radius 2 is 2.19 bits per heavy atom. The number of aromatic nitrogens is 3. The molecular formula is C14H12BrN3O2S. The molecule has 3 heterocycles. The van der Waals surface area contributed by atoms with Crippen LogP contribution in [0.3, 0.4) is 0 Å². The highest BCUT2D eigenvalue weighted by atomic mass is 79.9. The fourth-order valence-electron chi connectivity index (χ4n) is 1.97. The lowest BCUT2D eigenvalue weighted by molar-refractivity contribution is 0.295. The van der Waals surface area contributed by atoms with Crippen LogP contribution in [0.4, 0.5) is 0 Å². The lowest BCUT2D eigenvalue weighted by Crippen LogP contribution is -2.13. The highest BCUT2D eigenvalue weighted by Gasteiger charge is 2.12. The quantitative estimate of drug-likeness (QED) is 0.722. The lowest BCUT2D eigenvalue weighted by atomic mass is 10.2. The van der Waals surface area contributed by atoms with Gasteiger partial charge in [-0.05, 0) is 47.5 Å². The van der Waals surface area contributed by atoms with E-state index in [1.165, 1.54) is 11.3 Å². The highest BCUT2D eigenvalue weighted by Crippen LogP contribution is 2.25. The van der Waals surface area contributed by atoms with Gasteiger partial charge in [0.05, 0.1) is 11.6 Å². The number of nitrogens with one attached hydrogen (secondary N) is 1. The molecule has 3 rings (SSSR count). The summed E-state index contributed by atoms with van der Waals surface area (Å²) in [6.45, 7) is 4.13. The van der Waals surface area contributed by atoms with Crippen LogP contribution in [0.15, 0.2) is 27.7 Å². The molecule has 0 spiro atoms. The molecule has 0 aromatic carbocycles. The summed E-state index contributed by atoms with van der Waals surface area (Å²) in [4.78, 5) is 25.3. The van der Waals surface area contributed by atoms with Crippen molar-refractivity contribution in [1.82, 2.24) is 15.0 Å². The molecule has 0 aliphatic heterocycles. The molecule has 0 aliphatic rings. The second-order valence-corrected chi connectivity index (χ2v) is 6.60. The monoisotopic (exact) mass is 365 g/mol. The van der Waals surface area contributed by atoms with Crippen LogP contribution >= 0.6 is 27.3 Å². The molecule has 1 N–H and O–H groups in total. The van der Waals surface area contributed by atoms with E-state index in [-0.39, 0.29) is 12.2 Å². The van der Waals surface area contributed by atoms with Crippen molar-refractivity contribution in [3.05, 3.63) is 49.6 Å². The number of halogens is 1. The van der Waals surface area contributed by atoms with E-state index in [9.17, 15) is 4.79 Å². The summed E-state index contributed by atoms with van der Waals surface area (Å²) in [5.41, 5.74) is 0.878. The molecule has 0 aliphatic carbocycles. The predicted molar refractivity (Wildman–Crippen MR) is 86.0 cm³/mol. The zero-order valence-electron chi connectivity index (χ0n) is 11.4. The van der Waals surface area contributed by atoms with Crippen LogP contribution in [0, 0.1) is 13.8 Å². The number of fused-ring (bicyclic) bond motifs is 1. The number of rotatable bonds is 3. The number of ether oxygens (including phenoxy) is 1. The van der Waals surface area contributed by atoms with E-state index in [0.29, 0.717) is 17.0 Å². The highest BCUT2D eigenvalue weighted by molar-refractivity contribution is 9.10. The SMILES string of the molecule is Cc1sc2nc(COc3ccc(Br)nc3)[nH]c(=O)c2c1C. The third-order valence-electron chi connectivity index (χ3n) is 3.16. The first kappa shape index (κ1) is 14.2. The van der Waals surface area contributed by atoms with Crippen molar-refractivity contribution >= 4 is 37.5 Å². The van der Waals surface area contributed by atoms with Gasteiger partial charge in [-0.25, -0.2) is 9.97 Å². The van der Waals surface area contributed by atoms with Crippen LogP contribution in [0.25, 0.3) is 10.2 Å². The average Bonchev–Trinajstić information content (AvgIpc) is 2.74. The van der Waals surface area contributed by atoms with Crippen LogP contribution in [-0.4, -0.2) is 15.0 Å². The molecule has 0 atom stereocenters. The van der Waals surface area contributed by atoms with Crippen LogP contribution in [0.1, 0.15) is 16.3 Å². The average molecular weight is 366 g/mol. The van der Waals surface area contributed by atoms with Crippen LogP contribution < -0.4 is 10.3 Å². The van der Waals surface area contributed by atoms with E-state index >= 15 is 0 Å². The maximum Gasteiger partial charge on any atom is 0.260 e. The third kappa shape index (κ3) is 2.84. The zero-order chi connectivity index (χ0) is 15.0. The Labute approximate surface area is 133 Å². The first-order valence-electron chi connectivity index (χ1n) is 6.28. The molecule has 0 saturated heterocycles. The second-order valence-electron chi connectivity index (χ2n) is 4.58. The van der Waals surface area contributed by atoms with Crippen molar-refractivity contribution in [2.75, 3.05) is 0 Å². The number of hydrogen-bond donors (Lipinski definition) is 1. The molecule has 0 amide bonds. The van der Waals surface area contributed by atoms with Crippen molar-refractivity contribution in [2.45, 2.75) is 20.5 Å². The van der Waals surface area contributed by atoms with E-state index < -0.39 is 0 Å². The molecule has 0 fully saturated rings. The van der Waals surface area contributed by atoms with E-state index in [2.05, 4.69) is 30.9 Å². The van der Waals surface area contributed by atoms with Gasteiger partial charge < -0.3 is 9.72 Å². The predicted octanol–water partition coefficient (Wildman–Crippen LogP) is 3.34. The largest absolute Gasteiger partial charge is 0.484 e. The molecule has 5 nitrogen and oxygen atoms in total. The normalized spacial score (nSPS) is 11.0. The fraction of sp³-hybridized carbons (Fsp3) is 0.214. The van der Waals surface area contributed by atoms with Gasteiger partial charge in [-0.3, -0.25) is 4.79 Å². The molecule has 3 aromatic rings. The van der Waals surface area contributed by atoms with E-state index in [1.54, 1.807) is 18.3 Å². The van der Waals surface area contributed by atoms with Gasteiger partial charge in [-0.1, -0.05) is 0 Å². The zero-order valence-corrected chi connectivity index (χ0v) is 13.8. The maximum absolute atomic E-state index is 12.1. The van der Waals surface area contributed by atoms with Gasteiger partial charge in [-0.2, -0.15) is 0 Å². The molecule has 0 bridgehead atoms. The van der Waals surface area contributed by atoms with E-state index in [4.69, 9.17) is 4.74 Å². The van der Waals surface area contributed by atoms with Crippen molar-refractivity contribution in [1.29, 1.82) is 0 Å². The molecule has 0 unspecified atom stereocenters. The van der Waals surface area contributed by atoms with Crippen LogP contribution in [0.2, 0.25) is 0 Å². The number of pyridine rings is 1. The summed E-state index contributed by atoms with van der Waals surface area (Å²) in [5.74, 6) is 1.14. The van der Waals surface area contributed by atoms with Crippen molar-refractivity contribution in [3.63, 3.8) is 0 Å². The first-order chi connectivity index (χ1) is 10.0. The molecule has 3 aromatic heterocycles.